The van der Waals surface area contributed by atoms with Crippen molar-refractivity contribution in [2.45, 2.75) is 11.3 Å². The molecule has 1 fully saturated rings. The minimum Gasteiger partial charge on any atom is -0.497 e. The van der Waals surface area contributed by atoms with Gasteiger partial charge in [-0.1, -0.05) is 12.1 Å². The van der Waals surface area contributed by atoms with Gasteiger partial charge in [0.15, 0.2) is 5.13 Å². The van der Waals surface area contributed by atoms with Crippen molar-refractivity contribution >= 4 is 49.1 Å². The molecule has 0 atom stereocenters. The van der Waals surface area contributed by atoms with Crippen LogP contribution in [0.3, 0.4) is 0 Å². The second kappa shape index (κ2) is 9.21. The lowest BCUT2D eigenvalue weighted by Crippen LogP contribution is -2.48. The number of sulfonamides is 1. The van der Waals surface area contributed by atoms with Crippen LogP contribution in [-0.2, 0) is 16.4 Å². The fourth-order valence-electron chi connectivity index (χ4n) is 3.39. The van der Waals surface area contributed by atoms with Crippen molar-refractivity contribution in [2.24, 2.45) is 0 Å². The van der Waals surface area contributed by atoms with Gasteiger partial charge in [-0.2, -0.15) is 4.31 Å². The molecule has 0 bridgehead atoms. The van der Waals surface area contributed by atoms with Gasteiger partial charge in [-0.15, -0.1) is 11.3 Å². The first-order valence-corrected chi connectivity index (χ1v) is 12.9. The molecule has 0 radical (unpaired) electrons. The zero-order chi connectivity index (χ0) is 21.1. The molecule has 3 aromatic rings. The Morgan fingerprint density at radius 1 is 1.10 bits per heavy atom. The van der Waals surface area contributed by atoms with Crippen LogP contribution < -0.4 is 9.64 Å². The predicted octanol–water partition coefficient (Wildman–Crippen LogP) is 3.86. The van der Waals surface area contributed by atoms with E-state index < -0.39 is 10.0 Å². The van der Waals surface area contributed by atoms with E-state index in [2.05, 4.69) is 38.9 Å². The molecule has 0 saturated carbocycles. The van der Waals surface area contributed by atoms with Crippen LogP contribution in [0, 0.1) is 3.57 Å². The van der Waals surface area contributed by atoms with Crippen molar-refractivity contribution in [2.75, 3.05) is 38.2 Å². The van der Waals surface area contributed by atoms with Crippen LogP contribution in [0.25, 0.3) is 0 Å². The maximum Gasteiger partial charge on any atom is 0.243 e. The third kappa shape index (κ3) is 4.79. The highest BCUT2D eigenvalue weighted by molar-refractivity contribution is 14.1. The van der Waals surface area contributed by atoms with E-state index in [1.165, 1.54) is 0 Å². The second-order valence-corrected chi connectivity index (χ2v) is 11.0. The molecular weight excluding hydrogens is 533 g/mol. The number of hydrogen-bond acceptors (Lipinski definition) is 6. The van der Waals surface area contributed by atoms with Crippen LogP contribution >= 0.6 is 33.9 Å². The van der Waals surface area contributed by atoms with E-state index in [1.807, 2.05) is 30.3 Å². The normalized spacial score (nSPS) is 15.3. The summed E-state index contributed by atoms with van der Waals surface area (Å²) in [6.45, 7) is 2.18. The zero-order valence-corrected chi connectivity index (χ0v) is 20.3. The Balaban J connectivity index is 1.39. The average Bonchev–Trinajstić information content (AvgIpc) is 3.23. The SMILES string of the molecule is COc1cccc(Cc2csc(N3CCN(S(=O)(=O)c4ccc(I)cc4)CC3)n2)c1. The molecular formula is C21H22IN3O3S2. The quantitative estimate of drug-likeness (QED) is 0.433. The third-order valence-electron chi connectivity index (χ3n) is 5.02. The number of ether oxygens (including phenoxy) is 1. The van der Waals surface area contributed by atoms with Gasteiger partial charge in [0.05, 0.1) is 17.7 Å². The van der Waals surface area contributed by atoms with Crippen molar-refractivity contribution in [3.63, 3.8) is 0 Å². The number of aromatic nitrogens is 1. The molecule has 4 rings (SSSR count). The molecule has 2 aromatic carbocycles. The predicted molar refractivity (Wildman–Crippen MR) is 128 cm³/mol. The third-order valence-corrected chi connectivity index (χ3v) is 8.60. The van der Waals surface area contributed by atoms with E-state index in [-0.39, 0.29) is 0 Å². The van der Waals surface area contributed by atoms with Crippen molar-refractivity contribution in [3.05, 3.63) is 68.7 Å². The largest absolute Gasteiger partial charge is 0.497 e. The average molecular weight is 555 g/mol. The fraction of sp³-hybridized carbons (Fsp3) is 0.286. The summed E-state index contributed by atoms with van der Waals surface area (Å²) in [5.74, 6) is 0.841. The van der Waals surface area contributed by atoms with Crippen molar-refractivity contribution in [1.82, 2.24) is 9.29 Å². The number of nitrogens with zero attached hydrogens (tertiary/aromatic N) is 3. The van der Waals surface area contributed by atoms with Gasteiger partial charge < -0.3 is 9.64 Å². The number of piperazine rings is 1. The number of thiazole rings is 1. The molecule has 1 saturated heterocycles. The molecule has 0 unspecified atom stereocenters. The topological polar surface area (TPSA) is 62.7 Å². The number of benzene rings is 2. The maximum absolute atomic E-state index is 12.9. The Hall–Kier alpha value is -1.69. The summed E-state index contributed by atoms with van der Waals surface area (Å²) in [7, 11) is -1.79. The number of methoxy groups -OCH3 is 1. The summed E-state index contributed by atoms with van der Waals surface area (Å²) in [4.78, 5) is 7.29. The summed E-state index contributed by atoms with van der Waals surface area (Å²) in [6.07, 6.45) is 0.745. The molecule has 0 N–H and O–H groups in total. The van der Waals surface area contributed by atoms with Gasteiger partial charge in [-0.3, -0.25) is 0 Å². The molecule has 6 nitrogen and oxygen atoms in total. The Morgan fingerprint density at radius 2 is 1.83 bits per heavy atom. The molecule has 158 valence electrons. The number of anilines is 1. The van der Waals surface area contributed by atoms with E-state index in [4.69, 9.17) is 9.72 Å². The fourth-order valence-corrected chi connectivity index (χ4v) is 6.05. The summed E-state index contributed by atoms with van der Waals surface area (Å²) >= 11 is 3.78. The molecule has 0 spiro atoms. The van der Waals surface area contributed by atoms with Crippen LogP contribution in [-0.4, -0.2) is 51.0 Å². The van der Waals surface area contributed by atoms with E-state index in [9.17, 15) is 8.42 Å². The van der Waals surface area contributed by atoms with Gasteiger partial charge in [0.25, 0.3) is 0 Å². The molecule has 2 heterocycles. The number of halogens is 1. The van der Waals surface area contributed by atoms with Crippen molar-refractivity contribution < 1.29 is 13.2 Å². The molecule has 9 heteroatoms. The molecule has 1 aliphatic rings. The van der Waals surface area contributed by atoms with E-state index in [0.717, 1.165) is 32.1 Å². The van der Waals surface area contributed by atoms with E-state index in [1.54, 1.807) is 34.9 Å². The van der Waals surface area contributed by atoms with Crippen LogP contribution in [0.15, 0.2) is 58.8 Å². The highest BCUT2D eigenvalue weighted by atomic mass is 127. The Kier molecular flexibility index (Phi) is 6.61. The van der Waals surface area contributed by atoms with E-state index in [0.29, 0.717) is 31.1 Å². The monoisotopic (exact) mass is 555 g/mol. The molecule has 30 heavy (non-hydrogen) atoms. The van der Waals surface area contributed by atoms with Gasteiger partial charge in [0, 0.05) is 41.6 Å². The Morgan fingerprint density at radius 3 is 2.53 bits per heavy atom. The highest BCUT2D eigenvalue weighted by Gasteiger charge is 2.29. The summed E-state index contributed by atoms with van der Waals surface area (Å²) in [5, 5.41) is 3.02. The molecule has 1 aliphatic heterocycles. The summed E-state index contributed by atoms with van der Waals surface area (Å²) < 4.78 is 33.6. The van der Waals surface area contributed by atoms with Gasteiger partial charge in [0.1, 0.15) is 5.75 Å². The smallest absolute Gasteiger partial charge is 0.243 e. The van der Waals surface area contributed by atoms with Gasteiger partial charge in [-0.05, 0) is 64.6 Å². The molecule has 0 amide bonds. The van der Waals surface area contributed by atoms with Crippen LogP contribution in [0.1, 0.15) is 11.3 Å². The lowest BCUT2D eigenvalue weighted by Gasteiger charge is -2.33. The number of rotatable bonds is 6. The molecule has 0 aliphatic carbocycles. The van der Waals surface area contributed by atoms with Crippen LogP contribution in [0.4, 0.5) is 5.13 Å². The first-order chi connectivity index (χ1) is 14.5. The first-order valence-electron chi connectivity index (χ1n) is 9.54. The van der Waals surface area contributed by atoms with E-state index >= 15 is 0 Å². The van der Waals surface area contributed by atoms with Crippen molar-refractivity contribution in [3.8, 4) is 5.75 Å². The Labute approximate surface area is 194 Å². The highest BCUT2D eigenvalue weighted by Crippen LogP contribution is 2.26. The number of hydrogen-bond donors (Lipinski definition) is 0. The second-order valence-electron chi connectivity index (χ2n) is 6.99. The minimum absolute atomic E-state index is 0.353. The lowest BCUT2D eigenvalue weighted by atomic mass is 10.1. The van der Waals surface area contributed by atoms with Crippen molar-refractivity contribution in [1.29, 1.82) is 0 Å². The first kappa shape index (κ1) is 21.5. The lowest BCUT2D eigenvalue weighted by molar-refractivity contribution is 0.384. The maximum atomic E-state index is 12.9. The van der Waals surface area contributed by atoms with Crippen LogP contribution in [0.5, 0.6) is 5.75 Å². The van der Waals surface area contributed by atoms with Gasteiger partial charge >= 0.3 is 0 Å². The van der Waals surface area contributed by atoms with Gasteiger partial charge in [0.2, 0.25) is 10.0 Å². The van der Waals surface area contributed by atoms with Crippen LogP contribution in [0.2, 0.25) is 0 Å². The summed E-state index contributed by atoms with van der Waals surface area (Å²) in [5.41, 5.74) is 2.16. The molecule has 1 aromatic heterocycles. The summed E-state index contributed by atoms with van der Waals surface area (Å²) in [6, 6.07) is 15.0. The van der Waals surface area contributed by atoms with Gasteiger partial charge in [-0.25, -0.2) is 13.4 Å². The minimum atomic E-state index is -3.45. The Bertz CT molecular complexity index is 1110. The zero-order valence-electron chi connectivity index (χ0n) is 16.5. The standard InChI is InChI=1S/C21H22IN3O3S2/c1-28-19-4-2-3-16(14-19)13-18-15-29-21(23-18)24-9-11-25(12-10-24)30(26,27)20-7-5-17(22)6-8-20/h2-8,14-15H,9-13H2,1H3.